The smallest absolute Gasteiger partial charge is 0.237 e. The standard InChI is InChI=1S/C14H22N2O2/c1-14(2,3)12(15)13(18)16-8-10-5-4-6-11(7-10)9-17/h4-7,12,17H,8-9,15H2,1-3H3,(H,16,18)/t12-/m0/s1. The topological polar surface area (TPSA) is 75.4 Å². The first-order chi connectivity index (χ1) is 8.34. The maximum atomic E-state index is 11.8. The second-order valence-corrected chi connectivity index (χ2v) is 5.54. The van der Waals surface area contributed by atoms with E-state index in [9.17, 15) is 4.79 Å². The van der Waals surface area contributed by atoms with Gasteiger partial charge < -0.3 is 16.2 Å². The lowest BCUT2D eigenvalue weighted by Crippen LogP contribution is -2.48. The van der Waals surface area contributed by atoms with Gasteiger partial charge in [0.05, 0.1) is 12.6 Å². The molecule has 0 fully saturated rings. The van der Waals surface area contributed by atoms with Crippen LogP contribution in [0.4, 0.5) is 0 Å². The Morgan fingerprint density at radius 1 is 1.39 bits per heavy atom. The Kier molecular flexibility index (Phi) is 4.87. The van der Waals surface area contributed by atoms with Gasteiger partial charge in [0.15, 0.2) is 0 Å². The Morgan fingerprint density at radius 2 is 2.00 bits per heavy atom. The molecule has 0 aliphatic heterocycles. The normalized spacial score (nSPS) is 13.2. The lowest BCUT2D eigenvalue weighted by Gasteiger charge is -2.25. The van der Waals surface area contributed by atoms with E-state index in [4.69, 9.17) is 10.8 Å². The van der Waals surface area contributed by atoms with Crippen molar-refractivity contribution in [1.29, 1.82) is 0 Å². The average molecular weight is 250 g/mol. The molecule has 0 aromatic heterocycles. The summed E-state index contributed by atoms with van der Waals surface area (Å²) in [5.74, 6) is -0.156. The Hall–Kier alpha value is -1.39. The van der Waals surface area contributed by atoms with Gasteiger partial charge in [-0.3, -0.25) is 4.79 Å². The van der Waals surface area contributed by atoms with E-state index in [1.54, 1.807) is 0 Å². The van der Waals surface area contributed by atoms with Crippen molar-refractivity contribution >= 4 is 5.91 Å². The molecule has 0 saturated carbocycles. The number of benzene rings is 1. The van der Waals surface area contributed by atoms with Crippen molar-refractivity contribution in [1.82, 2.24) is 5.32 Å². The molecular formula is C14H22N2O2. The van der Waals surface area contributed by atoms with Crippen molar-refractivity contribution in [2.45, 2.75) is 40.0 Å². The van der Waals surface area contributed by atoms with E-state index in [1.165, 1.54) is 0 Å². The van der Waals surface area contributed by atoms with Gasteiger partial charge >= 0.3 is 0 Å². The molecule has 1 rings (SSSR count). The molecule has 1 amide bonds. The highest BCUT2D eigenvalue weighted by molar-refractivity contribution is 5.82. The van der Waals surface area contributed by atoms with Gasteiger partial charge in [-0.25, -0.2) is 0 Å². The average Bonchev–Trinajstić information content (AvgIpc) is 2.34. The molecule has 1 aromatic rings. The predicted molar refractivity (Wildman–Crippen MR) is 71.6 cm³/mol. The van der Waals surface area contributed by atoms with Crippen LogP contribution >= 0.6 is 0 Å². The first kappa shape index (κ1) is 14.7. The molecule has 100 valence electrons. The van der Waals surface area contributed by atoms with Crippen LogP contribution in [0.2, 0.25) is 0 Å². The van der Waals surface area contributed by atoms with Crippen LogP contribution in [0.15, 0.2) is 24.3 Å². The summed E-state index contributed by atoms with van der Waals surface area (Å²) < 4.78 is 0. The van der Waals surface area contributed by atoms with Gasteiger partial charge in [0.2, 0.25) is 5.91 Å². The number of aliphatic hydroxyl groups is 1. The second kappa shape index (κ2) is 5.98. The highest BCUT2D eigenvalue weighted by atomic mass is 16.3. The predicted octanol–water partition coefficient (Wildman–Crippen LogP) is 1.17. The molecule has 0 radical (unpaired) electrons. The molecular weight excluding hydrogens is 228 g/mol. The zero-order chi connectivity index (χ0) is 13.8. The number of nitrogens with one attached hydrogen (secondary N) is 1. The molecule has 1 atom stereocenters. The monoisotopic (exact) mass is 250 g/mol. The van der Waals surface area contributed by atoms with Crippen LogP contribution in [0, 0.1) is 5.41 Å². The third kappa shape index (κ3) is 4.13. The van der Waals surface area contributed by atoms with Crippen molar-refractivity contribution in [2.24, 2.45) is 11.1 Å². The van der Waals surface area contributed by atoms with E-state index < -0.39 is 6.04 Å². The minimum Gasteiger partial charge on any atom is -0.392 e. The van der Waals surface area contributed by atoms with Crippen LogP contribution in [0.1, 0.15) is 31.9 Å². The fraction of sp³-hybridized carbons (Fsp3) is 0.500. The van der Waals surface area contributed by atoms with E-state index in [-0.39, 0.29) is 17.9 Å². The van der Waals surface area contributed by atoms with Crippen LogP contribution in [0.25, 0.3) is 0 Å². The van der Waals surface area contributed by atoms with Crippen LogP contribution < -0.4 is 11.1 Å². The molecule has 4 heteroatoms. The lowest BCUT2D eigenvalue weighted by molar-refractivity contribution is -0.124. The maximum absolute atomic E-state index is 11.8. The summed E-state index contributed by atoms with van der Waals surface area (Å²) in [5.41, 5.74) is 7.40. The molecule has 0 unspecified atom stereocenters. The molecule has 0 saturated heterocycles. The van der Waals surface area contributed by atoms with Crippen LogP contribution in [-0.4, -0.2) is 17.1 Å². The SMILES string of the molecule is CC(C)(C)[C@@H](N)C(=O)NCc1cccc(CO)c1. The Bertz CT molecular complexity index is 411. The molecule has 18 heavy (non-hydrogen) atoms. The number of aliphatic hydroxyl groups excluding tert-OH is 1. The number of hydrogen-bond donors (Lipinski definition) is 3. The van der Waals surface area contributed by atoms with Crippen molar-refractivity contribution in [3.05, 3.63) is 35.4 Å². The van der Waals surface area contributed by atoms with Crippen LogP contribution in [-0.2, 0) is 17.9 Å². The highest BCUT2D eigenvalue weighted by Gasteiger charge is 2.26. The number of carbonyl (C=O) groups excluding carboxylic acids is 1. The third-order valence-corrected chi connectivity index (χ3v) is 2.86. The molecule has 4 nitrogen and oxygen atoms in total. The first-order valence-electron chi connectivity index (χ1n) is 6.06. The van der Waals surface area contributed by atoms with Crippen molar-refractivity contribution in [2.75, 3.05) is 0 Å². The van der Waals surface area contributed by atoms with Gasteiger partial charge in [-0.15, -0.1) is 0 Å². The quantitative estimate of drug-likeness (QED) is 0.751. The molecule has 0 spiro atoms. The summed E-state index contributed by atoms with van der Waals surface area (Å²) >= 11 is 0. The number of nitrogens with two attached hydrogens (primary N) is 1. The van der Waals surface area contributed by atoms with E-state index in [0.29, 0.717) is 6.54 Å². The number of carbonyl (C=O) groups is 1. The van der Waals surface area contributed by atoms with Crippen LogP contribution in [0.5, 0.6) is 0 Å². The molecule has 0 aliphatic rings. The van der Waals surface area contributed by atoms with E-state index >= 15 is 0 Å². The fourth-order valence-corrected chi connectivity index (χ4v) is 1.53. The van der Waals surface area contributed by atoms with Crippen molar-refractivity contribution < 1.29 is 9.90 Å². The maximum Gasteiger partial charge on any atom is 0.237 e. The largest absolute Gasteiger partial charge is 0.392 e. The highest BCUT2D eigenvalue weighted by Crippen LogP contribution is 2.17. The van der Waals surface area contributed by atoms with Gasteiger partial charge in [0.1, 0.15) is 0 Å². The zero-order valence-electron chi connectivity index (χ0n) is 11.2. The second-order valence-electron chi connectivity index (χ2n) is 5.54. The summed E-state index contributed by atoms with van der Waals surface area (Å²) in [6, 6.07) is 6.94. The lowest BCUT2D eigenvalue weighted by atomic mass is 9.87. The minimum absolute atomic E-state index is 0.00327. The third-order valence-electron chi connectivity index (χ3n) is 2.86. The summed E-state index contributed by atoms with van der Waals surface area (Å²) in [5, 5.41) is 11.8. The Labute approximate surface area is 108 Å². The van der Waals surface area contributed by atoms with Gasteiger partial charge in [0.25, 0.3) is 0 Å². The van der Waals surface area contributed by atoms with Gasteiger partial charge in [0, 0.05) is 6.54 Å². The number of amides is 1. The van der Waals surface area contributed by atoms with E-state index in [2.05, 4.69) is 5.32 Å². The summed E-state index contributed by atoms with van der Waals surface area (Å²) in [6.07, 6.45) is 0. The minimum atomic E-state index is -0.529. The Balaban J connectivity index is 2.57. The van der Waals surface area contributed by atoms with Gasteiger partial charge in [-0.2, -0.15) is 0 Å². The summed E-state index contributed by atoms with van der Waals surface area (Å²) in [7, 11) is 0. The molecule has 1 aromatic carbocycles. The zero-order valence-corrected chi connectivity index (χ0v) is 11.2. The fourth-order valence-electron chi connectivity index (χ4n) is 1.53. The molecule has 0 bridgehead atoms. The summed E-state index contributed by atoms with van der Waals surface area (Å²) in [4.78, 5) is 11.8. The van der Waals surface area contributed by atoms with Crippen LogP contribution in [0.3, 0.4) is 0 Å². The molecule has 4 N–H and O–H groups in total. The number of hydrogen-bond acceptors (Lipinski definition) is 3. The summed E-state index contributed by atoms with van der Waals surface area (Å²) in [6.45, 7) is 6.23. The molecule has 0 heterocycles. The first-order valence-corrected chi connectivity index (χ1v) is 6.06. The van der Waals surface area contributed by atoms with Gasteiger partial charge in [-0.1, -0.05) is 45.0 Å². The van der Waals surface area contributed by atoms with E-state index in [0.717, 1.165) is 11.1 Å². The Morgan fingerprint density at radius 3 is 2.56 bits per heavy atom. The van der Waals surface area contributed by atoms with E-state index in [1.807, 2.05) is 45.0 Å². The van der Waals surface area contributed by atoms with Gasteiger partial charge in [-0.05, 0) is 16.5 Å². The number of rotatable bonds is 4. The van der Waals surface area contributed by atoms with Crippen molar-refractivity contribution in [3.8, 4) is 0 Å². The molecule has 0 aliphatic carbocycles. The van der Waals surface area contributed by atoms with Crippen molar-refractivity contribution in [3.63, 3.8) is 0 Å².